The second-order valence-electron chi connectivity index (χ2n) is 5.79. The van der Waals surface area contributed by atoms with Crippen LogP contribution in [0.1, 0.15) is 20.7 Å². The van der Waals surface area contributed by atoms with Crippen molar-refractivity contribution < 1.29 is 19.1 Å². The summed E-state index contributed by atoms with van der Waals surface area (Å²) >= 11 is 2.99. The Morgan fingerprint density at radius 1 is 0.679 bits per heavy atom. The second kappa shape index (κ2) is 7.49. The molecular weight excluding hydrogens is 396 g/mol. The molecular formula is C20H14N2O4S2. The highest BCUT2D eigenvalue weighted by molar-refractivity contribution is 7.29. The maximum Gasteiger partial charge on any atom is 0.337 e. The molecule has 4 rings (SSSR count). The van der Waals surface area contributed by atoms with Gasteiger partial charge in [-0.1, -0.05) is 46.9 Å². The van der Waals surface area contributed by atoms with E-state index >= 15 is 0 Å². The summed E-state index contributed by atoms with van der Waals surface area (Å²) in [6.07, 6.45) is 0. The van der Waals surface area contributed by atoms with Crippen LogP contribution >= 0.6 is 22.7 Å². The first-order chi connectivity index (χ1) is 13.6. The number of carbonyl (C=O) groups is 2. The lowest BCUT2D eigenvalue weighted by atomic mass is 10.1. The van der Waals surface area contributed by atoms with Gasteiger partial charge in [0.05, 0.1) is 25.3 Å². The standard InChI is InChI=1S/C20H14N2O4S2/c1-25-19(23)13-7-3-11(4-8-13)15-21-17-18(27-15)22-16(28-17)12-5-9-14(10-6-12)20(24)26-2/h3-10H,1-2H3. The lowest BCUT2D eigenvalue weighted by Crippen LogP contribution is -2.00. The van der Waals surface area contributed by atoms with E-state index in [9.17, 15) is 9.59 Å². The van der Waals surface area contributed by atoms with E-state index in [-0.39, 0.29) is 11.9 Å². The molecule has 0 unspecified atom stereocenters. The summed E-state index contributed by atoms with van der Waals surface area (Å²) in [6, 6.07) is 14.3. The minimum atomic E-state index is -0.365. The van der Waals surface area contributed by atoms with Gasteiger partial charge in [0, 0.05) is 11.1 Å². The van der Waals surface area contributed by atoms with Crippen molar-refractivity contribution in [3.05, 3.63) is 59.7 Å². The lowest BCUT2D eigenvalue weighted by Gasteiger charge is -2.00. The lowest BCUT2D eigenvalue weighted by molar-refractivity contribution is 0.0592. The van der Waals surface area contributed by atoms with Gasteiger partial charge in [0.2, 0.25) is 0 Å². The first-order valence-corrected chi connectivity index (χ1v) is 9.87. The number of nitrogens with zero attached hydrogens (tertiary/aromatic N) is 2. The number of hydrogen-bond donors (Lipinski definition) is 0. The number of thiazole rings is 2. The highest BCUT2D eigenvalue weighted by atomic mass is 32.1. The number of methoxy groups -OCH3 is 2. The molecule has 0 radical (unpaired) electrons. The highest BCUT2D eigenvalue weighted by Gasteiger charge is 2.14. The Bertz CT molecular complexity index is 1040. The van der Waals surface area contributed by atoms with Gasteiger partial charge in [-0.2, -0.15) is 0 Å². The van der Waals surface area contributed by atoms with Gasteiger partial charge in [0.1, 0.15) is 10.0 Å². The summed E-state index contributed by atoms with van der Waals surface area (Å²) < 4.78 is 9.43. The van der Waals surface area contributed by atoms with Crippen molar-refractivity contribution in [1.82, 2.24) is 9.97 Å². The molecule has 28 heavy (non-hydrogen) atoms. The Labute approximate surface area is 168 Å². The van der Waals surface area contributed by atoms with Crippen LogP contribution < -0.4 is 0 Å². The predicted molar refractivity (Wildman–Crippen MR) is 109 cm³/mol. The smallest absolute Gasteiger partial charge is 0.337 e. The molecule has 8 heteroatoms. The molecule has 0 bridgehead atoms. The third-order valence-corrected chi connectivity index (χ3v) is 6.21. The topological polar surface area (TPSA) is 78.4 Å². The zero-order valence-corrected chi connectivity index (χ0v) is 16.6. The van der Waals surface area contributed by atoms with Crippen molar-refractivity contribution in [2.75, 3.05) is 14.2 Å². The number of rotatable bonds is 4. The van der Waals surface area contributed by atoms with Crippen LogP contribution in [0.2, 0.25) is 0 Å². The molecule has 0 N–H and O–H groups in total. The van der Waals surface area contributed by atoms with Gasteiger partial charge in [-0.3, -0.25) is 0 Å². The summed E-state index contributed by atoms with van der Waals surface area (Å²) in [5.41, 5.74) is 2.85. The molecule has 0 amide bonds. The molecule has 140 valence electrons. The summed E-state index contributed by atoms with van der Waals surface area (Å²) in [5, 5.41) is 1.69. The average molecular weight is 410 g/mol. The Balaban J connectivity index is 1.60. The van der Waals surface area contributed by atoms with Gasteiger partial charge >= 0.3 is 11.9 Å². The number of fused-ring (bicyclic) bond motifs is 1. The van der Waals surface area contributed by atoms with E-state index < -0.39 is 0 Å². The van der Waals surface area contributed by atoms with Gasteiger partial charge in [-0.25, -0.2) is 19.6 Å². The molecule has 0 spiro atoms. The van der Waals surface area contributed by atoms with Crippen LogP contribution in [0.15, 0.2) is 48.5 Å². The van der Waals surface area contributed by atoms with Crippen LogP contribution in [-0.4, -0.2) is 36.1 Å². The monoisotopic (exact) mass is 410 g/mol. The molecule has 0 saturated heterocycles. The Hall–Kier alpha value is -3.10. The van der Waals surface area contributed by atoms with Gasteiger partial charge in [0.25, 0.3) is 0 Å². The molecule has 2 aromatic heterocycles. The molecule has 4 aromatic rings. The Morgan fingerprint density at radius 3 is 1.36 bits per heavy atom. The van der Waals surface area contributed by atoms with Crippen LogP contribution in [0.4, 0.5) is 0 Å². The fourth-order valence-electron chi connectivity index (χ4n) is 2.62. The van der Waals surface area contributed by atoms with Crippen molar-refractivity contribution in [1.29, 1.82) is 0 Å². The molecule has 2 aromatic carbocycles. The molecule has 6 nitrogen and oxygen atoms in total. The minimum Gasteiger partial charge on any atom is -0.465 e. The largest absolute Gasteiger partial charge is 0.465 e. The van der Waals surface area contributed by atoms with E-state index in [0.29, 0.717) is 11.1 Å². The summed E-state index contributed by atoms with van der Waals surface area (Å²) in [5.74, 6) is -0.729. The predicted octanol–water partition coefficient (Wildman–Crippen LogP) is 4.66. The first-order valence-electron chi connectivity index (χ1n) is 8.24. The Kier molecular flexibility index (Phi) is 4.89. The number of carbonyl (C=O) groups excluding carboxylic acids is 2. The van der Waals surface area contributed by atoms with Crippen molar-refractivity contribution in [3.8, 4) is 21.1 Å². The van der Waals surface area contributed by atoms with Gasteiger partial charge < -0.3 is 9.47 Å². The van der Waals surface area contributed by atoms with Crippen molar-refractivity contribution in [2.45, 2.75) is 0 Å². The quantitative estimate of drug-likeness (QED) is 0.455. The molecule has 0 saturated carbocycles. The van der Waals surface area contributed by atoms with Crippen LogP contribution in [0, 0.1) is 0 Å². The summed E-state index contributed by atoms with van der Waals surface area (Å²) in [6.45, 7) is 0. The third-order valence-electron chi connectivity index (χ3n) is 4.08. The van der Waals surface area contributed by atoms with Crippen LogP contribution in [0.3, 0.4) is 0 Å². The van der Waals surface area contributed by atoms with Crippen LogP contribution in [0.5, 0.6) is 0 Å². The van der Waals surface area contributed by atoms with E-state index in [2.05, 4.69) is 9.97 Å². The van der Waals surface area contributed by atoms with Crippen LogP contribution in [-0.2, 0) is 9.47 Å². The summed E-state index contributed by atoms with van der Waals surface area (Å²) in [4.78, 5) is 34.1. The van der Waals surface area contributed by atoms with Crippen molar-refractivity contribution in [2.24, 2.45) is 0 Å². The molecule has 0 aliphatic heterocycles. The van der Waals surface area contributed by atoms with Crippen LogP contribution in [0.25, 0.3) is 30.8 Å². The third kappa shape index (κ3) is 3.39. The minimum absolute atomic E-state index is 0.365. The van der Waals surface area contributed by atoms with Crippen molar-refractivity contribution >= 4 is 44.3 Å². The van der Waals surface area contributed by atoms with Gasteiger partial charge in [0.15, 0.2) is 9.66 Å². The molecule has 0 aliphatic rings. The number of esters is 2. The van der Waals surface area contributed by atoms with Gasteiger partial charge in [-0.05, 0) is 24.3 Å². The van der Waals surface area contributed by atoms with Gasteiger partial charge in [-0.15, -0.1) is 0 Å². The van der Waals surface area contributed by atoms with E-state index in [1.807, 2.05) is 24.3 Å². The molecule has 0 aliphatic carbocycles. The normalized spacial score (nSPS) is 10.8. The molecule has 2 heterocycles. The first kappa shape index (κ1) is 18.3. The molecule has 0 fully saturated rings. The van der Waals surface area contributed by atoms with E-state index in [1.165, 1.54) is 36.9 Å². The average Bonchev–Trinajstić information content (AvgIpc) is 3.32. The highest BCUT2D eigenvalue weighted by Crippen LogP contribution is 2.36. The fraction of sp³-hybridized carbons (Fsp3) is 0.100. The zero-order valence-electron chi connectivity index (χ0n) is 15.0. The van der Waals surface area contributed by atoms with Crippen molar-refractivity contribution in [3.63, 3.8) is 0 Å². The van der Waals surface area contributed by atoms with E-state index in [1.54, 1.807) is 24.3 Å². The molecule has 0 atom stereocenters. The number of aromatic nitrogens is 2. The number of benzene rings is 2. The maximum atomic E-state index is 11.5. The zero-order chi connectivity index (χ0) is 19.7. The maximum absolute atomic E-state index is 11.5. The fourth-order valence-corrected chi connectivity index (χ4v) is 4.68. The second-order valence-corrected chi connectivity index (χ2v) is 7.74. The number of ether oxygens (including phenoxy) is 2. The Morgan fingerprint density at radius 2 is 1.04 bits per heavy atom. The van der Waals surface area contributed by atoms with E-state index in [4.69, 9.17) is 9.47 Å². The van der Waals surface area contributed by atoms with E-state index in [0.717, 1.165) is 30.8 Å². The number of hydrogen-bond acceptors (Lipinski definition) is 8. The SMILES string of the molecule is COC(=O)c1ccc(-c2nc3sc(-c4ccc(C(=O)OC)cc4)nc3s2)cc1. The summed E-state index contributed by atoms with van der Waals surface area (Å²) in [7, 11) is 2.72.